The second-order valence-corrected chi connectivity index (χ2v) is 10.2. The van der Waals surface area contributed by atoms with E-state index in [1.807, 2.05) is 67.4 Å². The number of hydrazine groups is 1. The number of aromatic nitrogens is 1. The number of likely N-dealkylation sites (N-methyl/N-ethyl adjacent to an activating group) is 2. The Morgan fingerprint density at radius 1 is 1.05 bits per heavy atom. The minimum absolute atomic E-state index is 0.0627. The topological polar surface area (TPSA) is 80.8 Å². The summed E-state index contributed by atoms with van der Waals surface area (Å²) in [6.45, 7) is 9.73. The van der Waals surface area contributed by atoms with Crippen LogP contribution in [0.2, 0.25) is 0 Å². The molecule has 37 heavy (non-hydrogen) atoms. The minimum atomic E-state index is -0.110. The molecule has 3 aromatic rings. The summed E-state index contributed by atoms with van der Waals surface area (Å²) in [6, 6.07) is 14.3. The van der Waals surface area contributed by atoms with Gasteiger partial charge in [-0.05, 0) is 55.3 Å². The first-order chi connectivity index (χ1) is 17.9. The molecular formula is C28H36N6O2S. The zero-order valence-electron chi connectivity index (χ0n) is 22.1. The maximum atomic E-state index is 13.4. The minimum Gasteiger partial charge on any atom is -0.353 e. The standard InChI is InChI=1S/C28H36N6O2S/c1-5-29-12-13-30-26(35)17-33(25-11-10-22(14-20(25)2)28-31-21(3)19-37-28)18-27(36)32(4)34-15-23-8-6-7-9-24(23)16-34/h6-11,14,19,29H,5,12-13,15-18H2,1-4H3,(H,30,35). The van der Waals surface area contributed by atoms with Gasteiger partial charge in [-0.25, -0.2) is 9.99 Å². The number of hydrogen-bond acceptors (Lipinski definition) is 7. The van der Waals surface area contributed by atoms with Gasteiger partial charge in [0.1, 0.15) is 5.01 Å². The molecular weight excluding hydrogens is 484 g/mol. The van der Waals surface area contributed by atoms with Crippen molar-refractivity contribution >= 4 is 28.8 Å². The maximum absolute atomic E-state index is 13.4. The van der Waals surface area contributed by atoms with Crippen LogP contribution in [0.1, 0.15) is 29.3 Å². The third-order valence-electron chi connectivity index (χ3n) is 6.55. The summed E-state index contributed by atoms with van der Waals surface area (Å²) in [5, 5.41) is 12.9. The molecule has 0 unspecified atom stereocenters. The molecule has 0 atom stereocenters. The Kier molecular flexibility index (Phi) is 8.91. The van der Waals surface area contributed by atoms with E-state index in [0.717, 1.165) is 34.1 Å². The normalized spacial score (nSPS) is 12.9. The number of anilines is 1. The number of aryl methyl sites for hydroxylation is 2. The molecule has 1 aliphatic heterocycles. The van der Waals surface area contributed by atoms with Gasteiger partial charge < -0.3 is 15.5 Å². The lowest BCUT2D eigenvalue weighted by atomic mass is 10.1. The summed E-state index contributed by atoms with van der Waals surface area (Å²) in [5.41, 5.74) is 6.37. The Balaban J connectivity index is 1.50. The summed E-state index contributed by atoms with van der Waals surface area (Å²) in [6.07, 6.45) is 0. The first kappa shape index (κ1) is 26.8. The van der Waals surface area contributed by atoms with Crippen molar-refractivity contribution in [3.8, 4) is 10.6 Å². The van der Waals surface area contributed by atoms with Gasteiger partial charge in [-0.3, -0.25) is 14.6 Å². The second kappa shape index (κ2) is 12.3. The molecule has 4 rings (SSSR count). The van der Waals surface area contributed by atoms with Crippen LogP contribution in [-0.2, 0) is 22.7 Å². The lowest BCUT2D eigenvalue weighted by molar-refractivity contribution is -0.145. The third-order valence-corrected chi connectivity index (χ3v) is 7.56. The Hall–Kier alpha value is -3.27. The molecule has 0 saturated heterocycles. The Morgan fingerprint density at radius 3 is 2.41 bits per heavy atom. The van der Waals surface area contributed by atoms with Crippen LogP contribution in [0.25, 0.3) is 10.6 Å². The van der Waals surface area contributed by atoms with E-state index in [-0.39, 0.29) is 24.9 Å². The number of carbonyl (C=O) groups excluding carboxylic acids is 2. The van der Waals surface area contributed by atoms with Crippen molar-refractivity contribution in [3.05, 3.63) is 70.2 Å². The van der Waals surface area contributed by atoms with Gasteiger partial charge in [0.15, 0.2) is 0 Å². The highest BCUT2D eigenvalue weighted by Gasteiger charge is 2.27. The highest BCUT2D eigenvalue weighted by molar-refractivity contribution is 7.13. The van der Waals surface area contributed by atoms with Crippen LogP contribution in [0.15, 0.2) is 47.8 Å². The van der Waals surface area contributed by atoms with Gasteiger partial charge in [0.25, 0.3) is 5.91 Å². The molecule has 2 heterocycles. The Morgan fingerprint density at radius 2 is 1.78 bits per heavy atom. The molecule has 2 aromatic carbocycles. The van der Waals surface area contributed by atoms with Gasteiger partial charge in [0.2, 0.25) is 5.91 Å². The zero-order valence-corrected chi connectivity index (χ0v) is 22.9. The van der Waals surface area contributed by atoms with Crippen molar-refractivity contribution in [3.63, 3.8) is 0 Å². The number of fused-ring (bicyclic) bond motifs is 1. The monoisotopic (exact) mass is 520 g/mol. The molecule has 2 amide bonds. The van der Waals surface area contributed by atoms with Crippen LogP contribution in [0.4, 0.5) is 5.69 Å². The van der Waals surface area contributed by atoms with Crippen LogP contribution in [0.3, 0.4) is 0 Å². The SMILES string of the molecule is CCNCCNC(=O)CN(CC(=O)N(C)N1Cc2ccccc2C1)c1ccc(-c2nc(C)cs2)cc1C. The van der Waals surface area contributed by atoms with E-state index < -0.39 is 0 Å². The number of hydrogen-bond donors (Lipinski definition) is 2. The number of thiazole rings is 1. The molecule has 0 fully saturated rings. The maximum Gasteiger partial charge on any atom is 0.256 e. The van der Waals surface area contributed by atoms with Crippen molar-refractivity contribution in [1.29, 1.82) is 0 Å². The van der Waals surface area contributed by atoms with E-state index >= 15 is 0 Å². The summed E-state index contributed by atoms with van der Waals surface area (Å²) < 4.78 is 0. The summed E-state index contributed by atoms with van der Waals surface area (Å²) in [4.78, 5) is 32.7. The molecule has 9 heteroatoms. The first-order valence-corrected chi connectivity index (χ1v) is 13.6. The van der Waals surface area contributed by atoms with Gasteiger partial charge in [0.05, 0.1) is 13.1 Å². The van der Waals surface area contributed by atoms with Crippen LogP contribution < -0.4 is 15.5 Å². The van der Waals surface area contributed by atoms with E-state index in [4.69, 9.17) is 0 Å². The van der Waals surface area contributed by atoms with Gasteiger partial charge in [-0.15, -0.1) is 11.3 Å². The fourth-order valence-electron chi connectivity index (χ4n) is 4.50. The van der Waals surface area contributed by atoms with E-state index in [1.165, 1.54) is 11.1 Å². The summed E-state index contributed by atoms with van der Waals surface area (Å²) in [5.74, 6) is -0.173. The largest absolute Gasteiger partial charge is 0.353 e. The highest BCUT2D eigenvalue weighted by Crippen LogP contribution is 2.29. The average molecular weight is 521 g/mol. The second-order valence-electron chi connectivity index (χ2n) is 9.36. The number of nitrogens with zero attached hydrogens (tertiary/aromatic N) is 4. The Labute approximate surface area is 223 Å². The summed E-state index contributed by atoms with van der Waals surface area (Å²) in [7, 11) is 1.81. The zero-order chi connectivity index (χ0) is 26.4. The molecule has 0 saturated carbocycles. The van der Waals surface area contributed by atoms with Gasteiger partial charge >= 0.3 is 0 Å². The van der Waals surface area contributed by atoms with E-state index in [2.05, 4.69) is 33.8 Å². The molecule has 8 nitrogen and oxygen atoms in total. The van der Waals surface area contributed by atoms with Crippen molar-refractivity contribution in [2.45, 2.75) is 33.9 Å². The molecule has 0 radical (unpaired) electrons. The van der Waals surface area contributed by atoms with Gasteiger partial charge in [0, 0.05) is 55.6 Å². The van der Waals surface area contributed by atoms with E-state index in [0.29, 0.717) is 26.2 Å². The number of carbonyl (C=O) groups is 2. The molecule has 196 valence electrons. The number of rotatable bonds is 11. The fourth-order valence-corrected chi connectivity index (χ4v) is 5.30. The molecule has 2 N–H and O–H groups in total. The quantitative estimate of drug-likeness (QED) is 0.378. The van der Waals surface area contributed by atoms with Crippen molar-refractivity contribution in [2.75, 3.05) is 44.7 Å². The van der Waals surface area contributed by atoms with Crippen molar-refractivity contribution < 1.29 is 9.59 Å². The Bertz CT molecular complexity index is 1220. The predicted octanol–water partition coefficient (Wildman–Crippen LogP) is 3.35. The molecule has 0 bridgehead atoms. The van der Waals surface area contributed by atoms with E-state index in [9.17, 15) is 9.59 Å². The lowest BCUT2D eigenvalue weighted by Gasteiger charge is -2.32. The molecule has 1 aliphatic rings. The van der Waals surface area contributed by atoms with Crippen LogP contribution in [0.5, 0.6) is 0 Å². The average Bonchev–Trinajstić information content (AvgIpc) is 3.52. The molecule has 1 aromatic heterocycles. The number of nitrogens with one attached hydrogen (secondary N) is 2. The van der Waals surface area contributed by atoms with Crippen molar-refractivity contribution in [2.24, 2.45) is 0 Å². The van der Waals surface area contributed by atoms with Crippen LogP contribution in [0, 0.1) is 13.8 Å². The number of amides is 2. The third kappa shape index (κ3) is 6.74. The molecule has 0 aliphatic carbocycles. The van der Waals surface area contributed by atoms with Crippen LogP contribution >= 0.6 is 11.3 Å². The van der Waals surface area contributed by atoms with Gasteiger partial charge in [-0.1, -0.05) is 31.2 Å². The predicted molar refractivity (Wildman–Crippen MR) is 149 cm³/mol. The van der Waals surface area contributed by atoms with Gasteiger partial charge in [-0.2, -0.15) is 0 Å². The first-order valence-electron chi connectivity index (χ1n) is 12.7. The number of benzene rings is 2. The van der Waals surface area contributed by atoms with Crippen LogP contribution in [-0.4, -0.2) is 66.6 Å². The van der Waals surface area contributed by atoms with Crippen molar-refractivity contribution in [1.82, 2.24) is 25.6 Å². The lowest BCUT2D eigenvalue weighted by Crippen LogP contribution is -2.48. The molecule has 0 spiro atoms. The van der Waals surface area contributed by atoms with E-state index in [1.54, 1.807) is 16.3 Å². The highest BCUT2D eigenvalue weighted by atomic mass is 32.1. The smallest absolute Gasteiger partial charge is 0.256 e. The fraction of sp³-hybridized carbons (Fsp3) is 0.393. The summed E-state index contributed by atoms with van der Waals surface area (Å²) >= 11 is 1.61.